The molecule has 0 amide bonds. The van der Waals surface area contributed by atoms with Crippen LogP contribution in [0.15, 0.2) is 28.7 Å². The molecule has 2 rings (SSSR count). The molecule has 0 atom stereocenters. The first kappa shape index (κ1) is 13.6. The quantitative estimate of drug-likeness (QED) is 0.896. The highest BCUT2D eigenvalue weighted by Gasteiger charge is 2.58. The average Bonchev–Trinajstić information content (AvgIpc) is 2.31. The summed E-state index contributed by atoms with van der Waals surface area (Å²) in [4.78, 5) is 11.8. The minimum absolute atomic E-state index is 0.216. The van der Waals surface area contributed by atoms with Crippen molar-refractivity contribution >= 4 is 21.9 Å². The molecule has 1 aliphatic rings. The number of carboxylic acid groups (broad SMARTS) is 1. The van der Waals surface area contributed by atoms with Crippen LogP contribution >= 0.6 is 15.9 Å². The fourth-order valence-corrected chi connectivity index (χ4v) is 3.95. The van der Waals surface area contributed by atoms with E-state index < -0.39 is 11.4 Å². The van der Waals surface area contributed by atoms with Crippen LogP contribution in [0.3, 0.4) is 0 Å². The van der Waals surface area contributed by atoms with Crippen molar-refractivity contribution in [3.8, 4) is 0 Å². The third-order valence-electron chi connectivity index (χ3n) is 4.65. The maximum absolute atomic E-state index is 11.8. The molecule has 1 aliphatic carbocycles. The van der Waals surface area contributed by atoms with Gasteiger partial charge < -0.3 is 5.11 Å². The molecule has 0 radical (unpaired) electrons. The summed E-state index contributed by atoms with van der Waals surface area (Å²) in [6, 6.07) is 7.71. The molecule has 0 aromatic heterocycles. The number of aliphatic carboxylic acids is 1. The largest absolute Gasteiger partial charge is 0.481 e. The van der Waals surface area contributed by atoms with Crippen LogP contribution in [0.2, 0.25) is 0 Å². The van der Waals surface area contributed by atoms with E-state index in [1.807, 2.05) is 24.3 Å². The van der Waals surface area contributed by atoms with Crippen LogP contribution in [-0.4, -0.2) is 11.1 Å². The molecule has 98 valence electrons. The predicted molar refractivity (Wildman–Crippen MR) is 75.7 cm³/mol. The third-order valence-corrected chi connectivity index (χ3v) is 5.34. The van der Waals surface area contributed by atoms with Gasteiger partial charge in [0.1, 0.15) is 0 Å². The Labute approximate surface area is 117 Å². The maximum atomic E-state index is 11.8. The Morgan fingerprint density at radius 1 is 1.28 bits per heavy atom. The molecule has 0 aliphatic heterocycles. The number of carbonyl (C=O) groups is 1. The molecule has 0 saturated heterocycles. The number of hydrogen-bond acceptors (Lipinski definition) is 1. The summed E-state index contributed by atoms with van der Waals surface area (Å²) in [6.45, 7) is 4.32. The molecule has 18 heavy (non-hydrogen) atoms. The molecule has 1 aromatic carbocycles. The second kappa shape index (κ2) is 4.69. The summed E-state index contributed by atoms with van der Waals surface area (Å²) in [7, 11) is 0. The molecule has 2 nitrogen and oxygen atoms in total. The van der Waals surface area contributed by atoms with E-state index in [1.54, 1.807) is 0 Å². The van der Waals surface area contributed by atoms with Crippen LogP contribution in [0.25, 0.3) is 0 Å². The molecule has 1 saturated carbocycles. The van der Waals surface area contributed by atoms with E-state index in [2.05, 4.69) is 29.8 Å². The van der Waals surface area contributed by atoms with E-state index in [9.17, 15) is 9.90 Å². The second-order valence-corrected chi connectivity index (χ2v) is 6.28. The average molecular weight is 311 g/mol. The lowest BCUT2D eigenvalue weighted by Crippen LogP contribution is -2.54. The highest BCUT2D eigenvalue weighted by molar-refractivity contribution is 9.10. The number of hydrogen-bond donors (Lipinski definition) is 1. The monoisotopic (exact) mass is 310 g/mol. The van der Waals surface area contributed by atoms with Gasteiger partial charge in [-0.2, -0.15) is 0 Å². The standard InChI is InChI=1S/C15H19BrO2/c1-3-14(4-2)9-15(10-14,13(17)18)11-7-5-6-8-12(11)16/h5-8H,3-4,9-10H2,1-2H3,(H,17,18). The molecule has 0 spiro atoms. The zero-order valence-electron chi connectivity index (χ0n) is 10.9. The summed E-state index contributed by atoms with van der Waals surface area (Å²) < 4.78 is 0.910. The second-order valence-electron chi connectivity index (χ2n) is 5.43. The first-order valence-corrected chi connectivity index (χ1v) is 7.27. The van der Waals surface area contributed by atoms with Gasteiger partial charge in [-0.1, -0.05) is 60.8 Å². The number of rotatable bonds is 4. The van der Waals surface area contributed by atoms with Crippen molar-refractivity contribution in [1.29, 1.82) is 0 Å². The molecule has 0 heterocycles. The number of benzene rings is 1. The normalized spacial score (nSPS) is 20.2. The lowest BCUT2D eigenvalue weighted by Gasteiger charge is -2.54. The smallest absolute Gasteiger partial charge is 0.314 e. The van der Waals surface area contributed by atoms with Crippen molar-refractivity contribution in [1.82, 2.24) is 0 Å². The van der Waals surface area contributed by atoms with Crippen LogP contribution in [-0.2, 0) is 10.2 Å². The minimum Gasteiger partial charge on any atom is -0.481 e. The van der Waals surface area contributed by atoms with Crippen LogP contribution < -0.4 is 0 Å². The number of carboxylic acids is 1. The molecule has 0 unspecified atom stereocenters. The van der Waals surface area contributed by atoms with Crippen molar-refractivity contribution in [2.24, 2.45) is 5.41 Å². The van der Waals surface area contributed by atoms with Crippen molar-refractivity contribution in [3.63, 3.8) is 0 Å². The Morgan fingerprint density at radius 2 is 1.83 bits per heavy atom. The van der Waals surface area contributed by atoms with Crippen LogP contribution in [0.4, 0.5) is 0 Å². The third kappa shape index (κ3) is 1.89. The topological polar surface area (TPSA) is 37.3 Å². The molecule has 3 heteroatoms. The van der Waals surface area contributed by atoms with Gasteiger partial charge in [0.25, 0.3) is 0 Å². The minimum atomic E-state index is -0.688. The SMILES string of the molecule is CCC1(CC)CC(C(=O)O)(c2ccccc2Br)C1. The lowest BCUT2D eigenvalue weighted by molar-refractivity contribution is -0.155. The predicted octanol–water partition coefficient (Wildman–Crippen LogP) is 4.37. The summed E-state index contributed by atoms with van der Waals surface area (Å²) >= 11 is 3.49. The van der Waals surface area contributed by atoms with Gasteiger partial charge in [-0.3, -0.25) is 4.79 Å². The van der Waals surface area contributed by atoms with Crippen molar-refractivity contribution in [2.75, 3.05) is 0 Å². The van der Waals surface area contributed by atoms with Gasteiger partial charge in [0.2, 0.25) is 0 Å². The fourth-order valence-electron chi connectivity index (χ4n) is 3.28. The van der Waals surface area contributed by atoms with E-state index in [0.29, 0.717) is 0 Å². The van der Waals surface area contributed by atoms with Gasteiger partial charge in [0, 0.05) is 4.47 Å². The highest BCUT2D eigenvalue weighted by atomic mass is 79.9. The van der Waals surface area contributed by atoms with Crippen LogP contribution in [0.1, 0.15) is 45.1 Å². The van der Waals surface area contributed by atoms with E-state index in [0.717, 1.165) is 35.7 Å². The molecule has 0 bridgehead atoms. The summed E-state index contributed by atoms with van der Waals surface area (Å²) in [5.74, 6) is -0.688. The highest BCUT2D eigenvalue weighted by Crippen LogP contribution is 2.60. The first-order valence-electron chi connectivity index (χ1n) is 6.48. The van der Waals surface area contributed by atoms with E-state index in [-0.39, 0.29) is 5.41 Å². The molecule has 1 fully saturated rings. The fraction of sp³-hybridized carbons (Fsp3) is 0.533. The van der Waals surface area contributed by atoms with Gasteiger partial charge in [-0.15, -0.1) is 0 Å². The Balaban J connectivity index is 2.39. The zero-order valence-corrected chi connectivity index (χ0v) is 12.5. The molecule has 1 aromatic rings. The van der Waals surface area contributed by atoms with Gasteiger partial charge in [0.05, 0.1) is 5.41 Å². The van der Waals surface area contributed by atoms with Crippen molar-refractivity contribution in [3.05, 3.63) is 34.3 Å². The Hall–Kier alpha value is -0.830. The Bertz CT molecular complexity index is 455. The van der Waals surface area contributed by atoms with Crippen molar-refractivity contribution in [2.45, 2.75) is 44.9 Å². The van der Waals surface area contributed by atoms with Crippen LogP contribution in [0.5, 0.6) is 0 Å². The molecular weight excluding hydrogens is 292 g/mol. The van der Waals surface area contributed by atoms with E-state index >= 15 is 0 Å². The molecular formula is C15H19BrO2. The van der Waals surface area contributed by atoms with E-state index in [4.69, 9.17) is 0 Å². The van der Waals surface area contributed by atoms with Gasteiger partial charge >= 0.3 is 5.97 Å². The van der Waals surface area contributed by atoms with E-state index in [1.165, 1.54) is 0 Å². The number of halogens is 1. The lowest BCUT2D eigenvalue weighted by atomic mass is 9.48. The zero-order chi connectivity index (χ0) is 13.4. The summed E-state index contributed by atoms with van der Waals surface area (Å²) in [6.07, 6.45) is 3.63. The first-order chi connectivity index (χ1) is 8.49. The molecule has 1 N–H and O–H groups in total. The maximum Gasteiger partial charge on any atom is 0.314 e. The Kier molecular flexibility index (Phi) is 3.54. The van der Waals surface area contributed by atoms with Gasteiger partial charge in [-0.05, 0) is 29.9 Å². The Morgan fingerprint density at radius 3 is 2.28 bits per heavy atom. The van der Waals surface area contributed by atoms with Crippen molar-refractivity contribution < 1.29 is 9.90 Å². The van der Waals surface area contributed by atoms with Crippen LogP contribution in [0, 0.1) is 5.41 Å². The van der Waals surface area contributed by atoms with Gasteiger partial charge in [-0.25, -0.2) is 0 Å². The van der Waals surface area contributed by atoms with Gasteiger partial charge in [0.15, 0.2) is 0 Å². The summed E-state index contributed by atoms with van der Waals surface area (Å²) in [5.41, 5.74) is 0.454. The summed E-state index contributed by atoms with van der Waals surface area (Å²) in [5, 5.41) is 9.66.